The van der Waals surface area contributed by atoms with Gasteiger partial charge in [0.15, 0.2) is 0 Å². The minimum atomic E-state index is -0.891. The maximum atomic E-state index is 11.0. The second-order valence-corrected chi connectivity index (χ2v) is 4.18. The van der Waals surface area contributed by atoms with Crippen molar-refractivity contribution in [2.24, 2.45) is 0 Å². The van der Waals surface area contributed by atoms with Crippen LogP contribution >= 0.6 is 0 Å². The lowest BCUT2D eigenvalue weighted by molar-refractivity contribution is 0.658. The van der Waals surface area contributed by atoms with Crippen LogP contribution in [0.3, 0.4) is 0 Å². The first kappa shape index (κ1) is 8.37. The van der Waals surface area contributed by atoms with E-state index in [1.165, 1.54) is 0 Å². The summed E-state index contributed by atoms with van der Waals surface area (Å²) in [7, 11) is -0.891. The highest BCUT2D eigenvalue weighted by atomic mass is 32.2. The molecule has 68 valence electrons. The van der Waals surface area contributed by atoms with Crippen LogP contribution in [0.25, 0.3) is 11.0 Å². The van der Waals surface area contributed by atoms with Crippen LogP contribution in [0, 0.1) is 0 Å². The molecule has 0 saturated heterocycles. The Kier molecular flexibility index (Phi) is 2.10. The second-order valence-electron chi connectivity index (χ2n) is 2.78. The maximum absolute atomic E-state index is 11.0. The third kappa shape index (κ3) is 1.60. The van der Waals surface area contributed by atoms with E-state index in [0.717, 1.165) is 11.0 Å². The van der Waals surface area contributed by atoms with E-state index in [1.54, 1.807) is 10.9 Å². The van der Waals surface area contributed by atoms with Crippen molar-refractivity contribution in [3.05, 3.63) is 24.3 Å². The quantitative estimate of drug-likeness (QED) is 0.711. The van der Waals surface area contributed by atoms with Gasteiger partial charge in [-0.15, -0.1) is 5.10 Å². The largest absolute Gasteiger partial charge is 0.258 e. The lowest BCUT2D eigenvalue weighted by Gasteiger charge is -1.96. The molecule has 0 aliphatic rings. The minimum Gasteiger partial charge on any atom is -0.258 e. The van der Waals surface area contributed by atoms with E-state index in [-0.39, 0.29) is 0 Å². The van der Waals surface area contributed by atoms with Gasteiger partial charge in [-0.2, -0.15) is 0 Å². The fourth-order valence-corrected chi connectivity index (χ4v) is 1.72. The van der Waals surface area contributed by atoms with Crippen molar-refractivity contribution in [2.75, 3.05) is 6.26 Å². The number of rotatable bonds is 2. The fourth-order valence-electron chi connectivity index (χ4n) is 1.18. The summed E-state index contributed by atoms with van der Waals surface area (Å²) in [6.45, 7) is 0. The monoisotopic (exact) mass is 195 g/mol. The van der Waals surface area contributed by atoms with Crippen LogP contribution in [0.15, 0.2) is 24.3 Å². The predicted molar refractivity (Wildman–Crippen MR) is 51.6 cm³/mol. The van der Waals surface area contributed by atoms with Crippen molar-refractivity contribution in [3.63, 3.8) is 0 Å². The molecule has 0 saturated carbocycles. The van der Waals surface area contributed by atoms with Gasteiger partial charge in [-0.05, 0) is 12.1 Å². The van der Waals surface area contributed by atoms with E-state index in [2.05, 4.69) is 10.3 Å². The lowest BCUT2D eigenvalue weighted by Crippen LogP contribution is -2.04. The number of aromatic nitrogens is 3. The standard InChI is InChI=1S/C8H9N3OS/c1-13(12)6-11-8-5-3-2-4-7(8)9-10-11/h2-5H,6H2,1H3/t13-/m1/s1. The molecule has 4 nitrogen and oxygen atoms in total. The Morgan fingerprint density at radius 3 is 3.00 bits per heavy atom. The zero-order valence-corrected chi connectivity index (χ0v) is 7.99. The Morgan fingerprint density at radius 2 is 2.23 bits per heavy atom. The molecule has 1 aromatic heterocycles. The van der Waals surface area contributed by atoms with Crippen LogP contribution in [0.5, 0.6) is 0 Å². The highest BCUT2D eigenvalue weighted by molar-refractivity contribution is 7.83. The smallest absolute Gasteiger partial charge is 0.118 e. The van der Waals surface area contributed by atoms with Gasteiger partial charge >= 0.3 is 0 Å². The molecule has 13 heavy (non-hydrogen) atoms. The average molecular weight is 195 g/mol. The van der Waals surface area contributed by atoms with Crippen molar-refractivity contribution in [1.82, 2.24) is 15.0 Å². The summed E-state index contributed by atoms with van der Waals surface area (Å²) in [6, 6.07) is 7.63. The van der Waals surface area contributed by atoms with Gasteiger partial charge in [0.05, 0.1) is 5.52 Å². The Labute approximate surface area is 78.0 Å². The zero-order valence-electron chi connectivity index (χ0n) is 7.17. The molecule has 0 amide bonds. The highest BCUT2D eigenvalue weighted by Crippen LogP contribution is 2.09. The molecule has 0 fully saturated rings. The van der Waals surface area contributed by atoms with E-state index in [0.29, 0.717) is 5.88 Å². The number of hydrogen-bond acceptors (Lipinski definition) is 3. The first-order valence-electron chi connectivity index (χ1n) is 3.85. The molecule has 0 aliphatic heterocycles. The summed E-state index contributed by atoms with van der Waals surface area (Å²) >= 11 is 0. The molecule has 0 bridgehead atoms. The van der Waals surface area contributed by atoms with Gasteiger partial charge in [0, 0.05) is 17.1 Å². The molecular weight excluding hydrogens is 186 g/mol. The molecular formula is C8H9N3OS. The van der Waals surface area contributed by atoms with Crippen molar-refractivity contribution < 1.29 is 4.21 Å². The summed E-state index contributed by atoms with van der Waals surface area (Å²) in [5, 5.41) is 7.86. The van der Waals surface area contributed by atoms with Gasteiger partial charge in [-0.1, -0.05) is 17.3 Å². The van der Waals surface area contributed by atoms with Gasteiger partial charge in [-0.3, -0.25) is 4.21 Å². The number of hydrogen-bond donors (Lipinski definition) is 0. The molecule has 1 atom stereocenters. The number of para-hydroxylation sites is 1. The minimum absolute atomic E-state index is 0.403. The molecule has 0 unspecified atom stereocenters. The van der Waals surface area contributed by atoms with Crippen LogP contribution in [-0.4, -0.2) is 25.5 Å². The van der Waals surface area contributed by atoms with Crippen molar-refractivity contribution in [1.29, 1.82) is 0 Å². The summed E-state index contributed by atoms with van der Waals surface area (Å²) in [6.07, 6.45) is 1.65. The van der Waals surface area contributed by atoms with E-state index in [1.807, 2.05) is 24.3 Å². The average Bonchev–Trinajstić information content (AvgIpc) is 2.48. The first-order chi connectivity index (χ1) is 6.27. The predicted octanol–water partition coefficient (Wildman–Crippen LogP) is 0.767. The first-order valence-corrected chi connectivity index (χ1v) is 5.58. The molecule has 0 N–H and O–H groups in total. The summed E-state index contributed by atoms with van der Waals surface area (Å²) in [5.74, 6) is 0.403. The third-order valence-corrected chi connectivity index (χ3v) is 2.33. The van der Waals surface area contributed by atoms with Gasteiger partial charge in [0.2, 0.25) is 0 Å². The molecule has 2 aromatic rings. The summed E-state index contributed by atoms with van der Waals surface area (Å²) in [5.41, 5.74) is 1.77. The van der Waals surface area contributed by atoms with Crippen LogP contribution in [0.4, 0.5) is 0 Å². The normalized spacial score (nSPS) is 13.3. The third-order valence-electron chi connectivity index (χ3n) is 1.72. The van der Waals surface area contributed by atoms with Crippen LogP contribution in [0.1, 0.15) is 0 Å². The van der Waals surface area contributed by atoms with Crippen molar-refractivity contribution >= 4 is 21.8 Å². The molecule has 5 heteroatoms. The topological polar surface area (TPSA) is 47.8 Å². The Balaban J connectivity index is 2.51. The van der Waals surface area contributed by atoms with Crippen LogP contribution < -0.4 is 0 Å². The fraction of sp³-hybridized carbons (Fsp3) is 0.250. The number of fused-ring (bicyclic) bond motifs is 1. The number of nitrogens with zero attached hydrogens (tertiary/aromatic N) is 3. The molecule has 1 aromatic carbocycles. The van der Waals surface area contributed by atoms with Gasteiger partial charge in [0.1, 0.15) is 11.4 Å². The Bertz CT molecular complexity index is 451. The van der Waals surface area contributed by atoms with Gasteiger partial charge in [-0.25, -0.2) is 4.68 Å². The summed E-state index contributed by atoms with van der Waals surface area (Å²) < 4.78 is 12.6. The number of benzene rings is 1. The van der Waals surface area contributed by atoms with E-state index < -0.39 is 10.8 Å². The van der Waals surface area contributed by atoms with Crippen LogP contribution in [-0.2, 0) is 16.7 Å². The van der Waals surface area contributed by atoms with E-state index >= 15 is 0 Å². The van der Waals surface area contributed by atoms with Crippen molar-refractivity contribution in [2.45, 2.75) is 5.88 Å². The molecule has 0 aliphatic carbocycles. The van der Waals surface area contributed by atoms with Gasteiger partial charge < -0.3 is 0 Å². The van der Waals surface area contributed by atoms with Gasteiger partial charge in [0.25, 0.3) is 0 Å². The van der Waals surface area contributed by atoms with E-state index in [4.69, 9.17) is 0 Å². The Hall–Kier alpha value is -1.23. The lowest BCUT2D eigenvalue weighted by atomic mass is 10.3. The molecule has 1 heterocycles. The van der Waals surface area contributed by atoms with Crippen LogP contribution in [0.2, 0.25) is 0 Å². The molecule has 0 radical (unpaired) electrons. The highest BCUT2D eigenvalue weighted by Gasteiger charge is 2.03. The SMILES string of the molecule is C[S@@](=O)Cn1nnc2ccccc21. The molecule has 0 spiro atoms. The summed E-state index contributed by atoms with van der Waals surface area (Å²) in [4.78, 5) is 0. The maximum Gasteiger partial charge on any atom is 0.118 e. The molecule has 2 rings (SSSR count). The zero-order chi connectivity index (χ0) is 9.26. The van der Waals surface area contributed by atoms with E-state index in [9.17, 15) is 4.21 Å². The Morgan fingerprint density at radius 1 is 1.46 bits per heavy atom. The second kappa shape index (κ2) is 3.26. The van der Waals surface area contributed by atoms with Crippen molar-refractivity contribution in [3.8, 4) is 0 Å².